The van der Waals surface area contributed by atoms with Crippen LogP contribution in [-0.2, 0) is 6.54 Å². The van der Waals surface area contributed by atoms with Gasteiger partial charge in [0, 0.05) is 59.0 Å². The van der Waals surface area contributed by atoms with Gasteiger partial charge in [0.15, 0.2) is 11.5 Å². The van der Waals surface area contributed by atoms with Gasteiger partial charge in [0.05, 0.1) is 29.5 Å². The Hall–Kier alpha value is -4.09. The van der Waals surface area contributed by atoms with E-state index in [4.69, 9.17) is 9.97 Å². The molecular formula is C27H22F2N8S. The molecule has 0 aliphatic carbocycles. The normalized spacial score (nSPS) is 15.7. The molecule has 6 aromatic heterocycles. The lowest BCUT2D eigenvalue weighted by Gasteiger charge is -2.15. The van der Waals surface area contributed by atoms with E-state index < -0.39 is 5.92 Å². The van der Waals surface area contributed by atoms with E-state index in [0.717, 1.165) is 38.1 Å². The van der Waals surface area contributed by atoms with Gasteiger partial charge in [0.25, 0.3) is 5.92 Å². The SMILES string of the molecule is Cc1ccc(-c2cncc3[nH]c(-c4n[nH]c5ccc(-c6cncc(CN7CCC(F)(F)C7)c6)nc45)nc23)s1. The average Bonchev–Trinajstić information content (AvgIpc) is 3.69. The van der Waals surface area contributed by atoms with Crippen LogP contribution in [0.15, 0.2) is 55.1 Å². The number of likely N-dealkylation sites (tertiary alicyclic amines) is 1. The number of hydrogen-bond acceptors (Lipinski definition) is 7. The van der Waals surface area contributed by atoms with E-state index in [1.807, 2.05) is 24.4 Å². The zero-order chi connectivity index (χ0) is 25.9. The number of pyridine rings is 3. The summed E-state index contributed by atoms with van der Waals surface area (Å²) in [4.78, 5) is 26.0. The van der Waals surface area contributed by atoms with Crippen LogP contribution in [0, 0.1) is 6.92 Å². The van der Waals surface area contributed by atoms with Gasteiger partial charge in [-0.25, -0.2) is 18.7 Å². The van der Waals surface area contributed by atoms with Crippen molar-refractivity contribution in [3.8, 4) is 33.2 Å². The molecule has 1 aliphatic heterocycles. The van der Waals surface area contributed by atoms with Crippen LogP contribution < -0.4 is 0 Å². The standard InChI is InChI=1S/C27H22F2N8S/c1-15-2-5-22(38-15)18-11-31-12-21-23(18)34-26(33-21)25-24-20(35-36-25)4-3-19(32-24)17-8-16(9-30-10-17)13-37-7-6-27(28,29)14-37/h2-5,8-12H,6-7,13-14H2,1H3,(H,33,34)(H,35,36). The van der Waals surface area contributed by atoms with E-state index in [9.17, 15) is 8.78 Å². The van der Waals surface area contributed by atoms with E-state index in [0.29, 0.717) is 35.8 Å². The molecule has 0 bridgehead atoms. The molecule has 1 saturated heterocycles. The molecule has 1 aliphatic rings. The van der Waals surface area contributed by atoms with Crippen molar-refractivity contribution in [3.05, 3.63) is 65.6 Å². The lowest BCUT2D eigenvalue weighted by molar-refractivity contribution is 0.0115. The molecule has 8 nitrogen and oxygen atoms in total. The van der Waals surface area contributed by atoms with Crippen LogP contribution in [-0.4, -0.2) is 59.0 Å². The van der Waals surface area contributed by atoms with E-state index in [2.05, 4.69) is 44.2 Å². The second-order valence-electron chi connectivity index (χ2n) is 9.64. The maximum Gasteiger partial charge on any atom is 0.261 e. The first kappa shape index (κ1) is 23.1. The van der Waals surface area contributed by atoms with Crippen molar-refractivity contribution in [1.82, 2.24) is 40.0 Å². The van der Waals surface area contributed by atoms with Gasteiger partial charge < -0.3 is 4.98 Å². The van der Waals surface area contributed by atoms with Gasteiger partial charge in [0.2, 0.25) is 0 Å². The van der Waals surface area contributed by atoms with Crippen LogP contribution in [0.1, 0.15) is 16.9 Å². The number of rotatable bonds is 5. The molecule has 0 aromatic carbocycles. The molecule has 0 unspecified atom stereocenters. The number of aromatic nitrogens is 7. The Morgan fingerprint density at radius 1 is 1.00 bits per heavy atom. The first-order valence-electron chi connectivity index (χ1n) is 12.2. The molecule has 6 aromatic rings. The number of imidazole rings is 1. The highest BCUT2D eigenvalue weighted by atomic mass is 32.1. The number of halogens is 2. The number of nitrogens with zero attached hydrogens (tertiary/aromatic N) is 6. The summed E-state index contributed by atoms with van der Waals surface area (Å²) >= 11 is 1.70. The quantitative estimate of drug-likeness (QED) is 0.292. The maximum atomic E-state index is 13.6. The molecule has 7 rings (SSSR count). The summed E-state index contributed by atoms with van der Waals surface area (Å²) in [5, 5.41) is 7.56. The van der Waals surface area contributed by atoms with Crippen LogP contribution in [0.4, 0.5) is 8.78 Å². The van der Waals surface area contributed by atoms with Crippen LogP contribution in [0.25, 0.3) is 55.3 Å². The van der Waals surface area contributed by atoms with Gasteiger partial charge in [-0.2, -0.15) is 5.10 Å². The number of thiophene rings is 1. The second-order valence-corrected chi connectivity index (χ2v) is 10.9. The third-order valence-corrected chi connectivity index (χ3v) is 7.81. The third-order valence-electron chi connectivity index (χ3n) is 6.78. The Kier molecular flexibility index (Phi) is 5.31. The monoisotopic (exact) mass is 528 g/mol. The molecule has 7 heterocycles. The topological polar surface area (TPSA) is 99.3 Å². The Morgan fingerprint density at radius 3 is 2.71 bits per heavy atom. The fourth-order valence-electron chi connectivity index (χ4n) is 4.94. The van der Waals surface area contributed by atoms with Gasteiger partial charge in [-0.05, 0) is 42.8 Å². The van der Waals surface area contributed by atoms with Gasteiger partial charge in [-0.15, -0.1) is 11.3 Å². The minimum absolute atomic E-state index is 0.103. The molecule has 0 saturated carbocycles. The fraction of sp³-hybridized carbons (Fsp3) is 0.222. The van der Waals surface area contributed by atoms with Crippen LogP contribution in [0.3, 0.4) is 0 Å². The maximum absolute atomic E-state index is 13.6. The molecular weight excluding hydrogens is 506 g/mol. The van der Waals surface area contributed by atoms with Crippen molar-refractivity contribution in [3.63, 3.8) is 0 Å². The molecule has 38 heavy (non-hydrogen) atoms. The van der Waals surface area contributed by atoms with Crippen molar-refractivity contribution in [2.45, 2.75) is 25.8 Å². The second kappa shape index (κ2) is 8.74. The van der Waals surface area contributed by atoms with E-state index in [1.54, 1.807) is 34.8 Å². The zero-order valence-corrected chi connectivity index (χ0v) is 21.2. The number of H-pyrrole nitrogens is 2. The summed E-state index contributed by atoms with van der Waals surface area (Å²) in [5.41, 5.74) is 7.07. The number of nitrogens with one attached hydrogen (secondary N) is 2. The average molecular weight is 529 g/mol. The number of hydrogen-bond donors (Lipinski definition) is 2. The Labute approximate surface area is 219 Å². The lowest BCUT2D eigenvalue weighted by atomic mass is 10.1. The highest BCUT2D eigenvalue weighted by Gasteiger charge is 2.37. The number of aryl methyl sites for hydroxylation is 1. The first-order valence-corrected chi connectivity index (χ1v) is 13.0. The Bertz CT molecular complexity index is 1800. The number of alkyl halides is 2. The van der Waals surface area contributed by atoms with Crippen molar-refractivity contribution in [2.75, 3.05) is 13.1 Å². The molecule has 2 N–H and O–H groups in total. The molecule has 0 atom stereocenters. The van der Waals surface area contributed by atoms with Gasteiger partial charge in [0.1, 0.15) is 11.0 Å². The summed E-state index contributed by atoms with van der Waals surface area (Å²) in [6.07, 6.45) is 6.94. The van der Waals surface area contributed by atoms with E-state index in [-0.39, 0.29) is 13.0 Å². The fourth-order valence-corrected chi connectivity index (χ4v) is 5.82. The van der Waals surface area contributed by atoms with Crippen LogP contribution >= 0.6 is 11.3 Å². The van der Waals surface area contributed by atoms with Gasteiger partial charge in [-0.3, -0.25) is 20.0 Å². The zero-order valence-electron chi connectivity index (χ0n) is 20.4. The molecule has 11 heteroatoms. The summed E-state index contributed by atoms with van der Waals surface area (Å²) in [6, 6.07) is 9.95. The Morgan fingerprint density at radius 2 is 1.89 bits per heavy atom. The minimum atomic E-state index is -2.62. The van der Waals surface area contributed by atoms with E-state index >= 15 is 0 Å². The molecule has 1 fully saturated rings. The van der Waals surface area contributed by atoms with Crippen LogP contribution in [0.2, 0.25) is 0 Å². The largest absolute Gasteiger partial charge is 0.335 e. The van der Waals surface area contributed by atoms with Gasteiger partial charge >= 0.3 is 0 Å². The number of fused-ring (bicyclic) bond motifs is 2. The Balaban J connectivity index is 1.24. The lowest BCUT2D eigenvalue weighted by Crippen LogP contribution is -2.24. The van der Waals surface area contributed by atoms with Crippen molar-refractivity contribution >= 4 is 33.4 Å². The number of aromatic amines is 2. The highest BCUT2D eigenvalue weighted by Crippen LogP contribution is 2.34. The van der Waals surface area contributed by atoms with Crippen molar-refractivity contribution in [1.29, 1.82) is 0 Å². The van der Waals surface area contributed by atoms with Crippen molar-refractivity contribution < 1.29 is 8.78 Å². The molecule has 0 spiro atoms. The summed E-state index contributed by atoms with van der Waals surface area (Å²) in [7, 11) is 0. The summed E-state index contributed by atoms with van der Waals surface area (Å²) in [6.45, 7) is 2.66. The summed E-state index contributed by atoms with van der Waals surface area (Å²) in [5.74, 6) is -2.02. The van der Waals surface area contributed by atoms with Gasteiger partial charge in [-0.1, -0.05) is 0 Å². The predicted molar refractivity (Wildman–Crippen MR) is 143 cm³/mol. The molecule has 0 radical (unpaired) electrons. The highest BCUT2D eigenvalue weighted by molar-refractivity contribution is 7.15. The summed E-state index contributed by atoms with van der Waals surface area (Å²) < 4.78 is 27.3. The first-order chi connectivity index (χ1) is 18.4. The minimum Gasteiger partial charge on any atom is -0.335 e. The smallest absolute Gasteiger partial charge is 0.261 e. The van der Waals surface area contributed by atoms with E-state index in [1.165, 1.54) is 4.88 Å². The van der Waals surface area contributed by atoms with Crippen LogP contribution in [0.5, 0.6) is 0 Å². The molecule has 0 amide bonds. The van der Waals surface area contributed by atoms with Crippen molar-refractivity contribution in [2.24, 2.45) is 0 Å². The third kappa shape index (κ3) is 4.13. The molecule has 190 valence electrons. The predicted octanol–water partition coefficient (Wildman–Crippen LogP) is 5.84.